The van der Waals surface area contributed by atoms with E-state index in [-0.39, 0.29) is 29.7 Å². The number of allylic oxidation sites excluding steroid dienone is 1. The van der Waals surface area contributed by atoms with Crippen molar-refractivity contribution >= 4 is 46.3 Å². The third-order valence-electron chi connectivity index (χ3n) is 6.94. The lowest BCUT2D eigenvalue weighted by Crippen LogP contribution is -2.44. The van der Waals surface area contributed by atoms with Crippen LogP contribution in [0, 0.1) is 5.92 Å². The summed E-state index contributed by atoms with van der Waals surface area (Å²) in [5.74, 6) is 0.951. The summed E-state index contributed by atoms with van der Waals surface area (Å²) < 4.78 is 1.98. The maximum atomic E-state index is 13.8. The van der Waals surface area contributed by atoms with Crippen LogP contribution in [0.2, 0.25) is 0 Å². The van der Waals surface area contributed by atoms with E-state index < -0.39 is 6.10 Å². The van der Waals surface area contributed by atoms with Crippen LogP contribution in [-0.2, 0) is 0 Å². The zero-order valence-electron chi connectivity index (χ0n) is 22.4. The number of fused-ring (bicyclic) bond motifs is 3. The molecule has 37 heavy (non-hydrogen) atoms. The lowest BCUT2D eigenvalue weighted by atomic mass is 10.1. The number of nitrogens with one attached hydrogen (secondary N) is 1. The number of carbonyl (C=O) groups excluding carboxylic acids is 1. The van der Waals surface area contributed by atoms with Gasteiger partial charge in [0.05, 0.1) is 22.2 Å². The molecule has 1 amide bonds. The van der Waals surface area contributed by atoms with Gasteiger partial charge in [0.25, 0.3) is 5.91 Å². The lowest BCUT2D eigenvalue weighted by molar-refractivity contribution is 0.0765. The van der Waals surface area contributed by atoms with Gasteiger partial charge in [-0.25, -0.2) is 0 Å². The number of aliphatic hydroxyl groups is 1. The zero-order valence-corrected chi connectivity index (χ0v) is 23.2. The first kappa shape index (κ1) is 27.3. The second-order valence-electron chi connectivity index (χ2n) is 10.2. The van der Waals surface area contributed by atoms with Crippen molar-refractivity contribution in [3.8, 4) is 0 Å². The molecule has 200 valence electrons. The second kappa shape index (κ2) is 11.8. The molecule has 2 atom stereocenters. The lowest BCUT2D eigenvalue weighted by Gasteiger charge is -2.33. The topological polar surface area (TPSA) is 89.7 Å². The van der Waals surface area contributed by atoms with Crippen LogP contribution in [0.5, 0.6) is 0 Å². The highest BCUT2D eigenvalue weighted by Crippen LogP contribution is 2.34. The van der Waals surface area contributed by atoms with Gasteiger partial charge in [-0.05, 0) is 50.7 Å². The SMILES string of the molecule is C=Cc1sc2c(C(=O)N3CCC(O)C3)c(=O)c3c(n2c1/C=C\C)NC(N(CCC)CCCC(C)C)N=C3. The molecule has 4 heterocycles. The van der Waals surface area contributed by atoms with Gasteiger partial charge in [0.15, 0.2) is 6.29 Å². The fraction of sp³-hybridized carbons (Fsp3) is 0.536. The molecule has 0 aromatic carbocycles. The number of rotatable bonds is 10. The van der Waals surface area contributed by atoms with Crippen molar-refractivity contribution in [3.63, 3.8) is 0 Å². The average Bonchev–Trinajstić information content (AvgIpc) is 3.47. The minimum absolute atomic E-state index is 0.130. The van der Waals surface area contributed by atoms with Crippen molar-refractivity contribution in [2.45, 2.75) is 65.8 Å². The molecule has 0 radical (unpaired) electrons. The highest BCUT2D eigenvalue weighted by molar-refractivity contribution is 7.18. The highest BCUT2D eigenvalue weighted by atomic mass is 32.1. The Balaban J connectivity index is 1.85. The predicted octanol–water partition coefficient (Wildman–Crippen LogP) is 4.52. The molecule has 0 aliphatic carbocycles. The third-order valence-corrected chi connectivity index (χ3v) is 8.11. The first-order valence-electron chi connectivity index (χ1n) is 13.3. The van der Waals surface area contributed by atoms with Crippen LogP contribution < -0.4 is 10.7 Å². The number of anilines is 1. The Labute approximate surface area is 223 Å². The molecule has 0 spiro atoms. The molecule has 2 aromatic rings. The maximum Gasteiger partial charge on any atom is 0.260 e. The van der Waals surface area contributed by atoms with E-state index in [0.29, 0.717) is 35.1 Å². The van der Waals surface area contributed by atoms with E-state index in [0.717, 1.165) is 42.9 Å². The zero-order chi connectivity index (χ0) is 26.7. The molecular formula is C28H39N5O3S. The Morgan fingerprint density at radius 1 is 1.41 bits per heavy atom. The first-order valence-corrected chi connectivity index (χ1v) is 14.1. The van der Waals surface area contributed by atoms with E-state index in [9.17, 15) is 14.7 Å². The van der Waals surface area contributed by atoms with Crippen molar-refractivity contribution in [2.24, 2.45) is 10.9 Å². The molecule has 2 aliphatic rings. The van der Waals surface area contributed by atoms with Gasteiger partial charge in [0.1, 0.15) is 16.2 Å². The maximum absolute atomic E-state index is 13.8. The van der Waals surface area contributed by atoms with Gasteiger partial charge in [-0.3, -0.25) is 23.9 Å². The number of thiazole rings is 1. The van der Waals surface area contributed by atoms with E-state index in [2.05, 4.69) is 37.6 Å². The Morgan fingerprint density at radius 3 is 2.81 bits per heavy atom. The minimum atomic E-state index is -0.560. The van der Waals surface area contributed by atoms with Crippen LogP contribution in [0.25, 0.3) is 17.0 Å². The van der Waals surface area contributed by atoms with Crippen molar-refractivity contribution in [1.82, 2.24) is 14.2 Å². The molecule has 0 bridgehead atoms. The fourth-order valence-electron chi connectivity index (χ4n) is 5.10. The van der Waals surface area contributed by atoms with Crippen LogP contribution in [0.3, 0.4) is 0 Å². The van der Waals surface area contributed by atoms with Crippen molar-refractivity contribution in [3.05, 3.63) is 44.6 Å². The number of amides is 1. The van der Waals surface area contributed by atoms with Gasteiger partial charge in [0, 0.05) is 32.4 Å². The summed E-state index contributed by atoms with van der Waals surface area (Å²) >= 11 is 1.39. The van der Waals surface area contributed by atoms with E-state index in [1.165, 1.54) is 11.3 Å². The van der Waals surface area contributed by atoms with Gasteiger partial charge in [0.2, 0.25) is 5.43 Å². The van der Waals surface area contributed by atoms with Crippen LogP contribution in [0.4, 0.5) is 5.82 Å². The van der Waals surface area contributed by atoms with Gasteiger partial charge in [-0.1, -0.05) is 33.4 Å². The number of hydrogen-bond donors (Lipinski definition) is 2. The smallest absolute Gasteiger partial charge is 0.260 e. The first-order chi connectivity index (χ1) is 17.8. The summed E-state index contributed by atoms with van der Waals surface area (Å²) in [6.07, 6.45) is 10.2. The number of aromatic nitrogens is 1. The molecule has 9 heteroatoms. The normalized spacial score (nSPS) is 19.4. The van der Waals surface area contributed by atoms with Gasteiger partial charge in [-0.2, -0.15) is 0 Å². The average molecular weight is 526 g/mol. The van der Waals surface area contributed by atoms with E-state index in [4.69, 9.17) is 4.99 Å². The number of carbonyl (C=O) groups is 1. The molecule has 0 saturated carbocycles. The molecule has 2 unspecified atom stereocenters. The summed E-state index contributed by atoms with van der Waals surface area (Å²) in [5.41, 5.74) is 1.05. The quantitative estimate of drug-likeness (QED) is 0.476. The van der Waals surface area contributed by atoms with Crippen molar-refractivity contribution in [1.29, 1.82) is 0 Å². The van der Waals surface area contributed by atoms with Crippen LogP contribution >= 0.6 is 11.3 Å². The monoisotopic (exact) mass is 525 g/mol. The summed E-state index contributed by atoms with van der Waals surface area (Å²) in [5, 5.41) is 13.6. The molecule has 1 fully saturated rings. The van der Waals surface area contributed by atoms with Crippen LogP contribution in [-0.4, -0.2) is 70.0 Å². The van der Waals surface area contributed by atoms with E-state index >= 15 is 0 Å². The number of aliphatic hydroxyl groups excluding tert-OH is 1. The highest BCUT2D eigenvalue weighted by Gasteiger charge is 2.33. The summed E-state index contributed by atoms with van der Waals surface area (Å²) in [4.78, 5) is 37.5. The van der Waals surface area contributed by atoms with Crippen molar-refractivity contribution in [2.75, 3.05) is 31.5 Å². The molecule has 2 aliphatic heterocycles. The van der Waals surface area contributed by atoms with Gasteiger partial charge >= 0.3 is 0 Å². The predicted molar refractivity (Wildman–Crippen MR) is 154 cm³/mol. The molecule has 2 aromatic heterocycles. The molecule has 2 N–H and O–H groups in total. The van der Waals surface area contributed by atoms with Gasteiger partial charge in [-0.15, -0.1) is 11.3 Å². The van der Waals surface area contributed by atoms with Gasteiger partial charge < -0.3 is 15.3 Å². The molecular weight excluding hydrogens is 486 g/mol. The Morgan fingerprint density at radius 2 is 2.19 bits per heavy atom. The summed E-state index contributed by atoms with van der Waals surface area (Å²) in [6, 6.07) is 0. The number of hydrogen-bond acceptors (Lipinski definition) is 7. The molecule has 1 saturated heterocycles. The second-order valence-corrected chi connectivity index (χ2v) is 11.3. The summed E-state index contributed by atoms with van der Waals surface area (Å²) in [7, 11) is 0. The minimum Gasteiger partial charge on any atom is -0.391 e. The third kappa shape index (κ3) is 5.44. The number of nitrogens with zero attached hydrogens (tertiary/aromatic N) is 4. The Hall–Kier alpha value is -2.75. The Kier molecular flexibility index (Phi) is 8.67. The number of β-amino-alcohol motifs (C(OH)–C–C–N with tert-alkyl or cyclic N) is 1. The number of likely N-dealkylation sites (tertiary alicyclic amines) is 1. The Bertz CT molecular complexity index is 1280. The van der Waals surface area contributed by atoms with Crippen molar-refractivity contribution < 1.29 is 9.90 Å². The standard InChI is InChI=1S/C28H39N5O3S/c1-6-10-21-22(8-3)37-27-23(26(36)32-15-12-19(34)17-32)24(35)20-16-29-28(30-25(20)33(21)27)31(13-7-2)14-9-11-18(4)5/h6,8,10,16,18-19,28,30,34H,3,7,9,11-15,17H2,1-2,4-5H3/b10-6-. The van der Waals surface area contributed by atoms with Crippen LogP contribution in [0.1, 0.15) is 79.9 Å². The van der Waals surface area contributed by atoms with E-state index in [1.807, 2.05) is 23.5 Å². The molecule has 8 nitrogen and oxygen atoms in total. The fourth-order valence-corrected chi connectivity index (χ4v) is 6.22. The largest absolute Gasteiger partial charge is 0.391 e. The number of aliphatic imine (C=N–C) groups is 1. The molecule has 4 rings (SSSR count). The summed E-state index contributed by atoms with van der Waals surface area (Å²) in [6.45, 7) is 15.0. The van der Waals surface area contributed by atoms with Crippen LogP contribution in [0.15, 0.2) is 22.4 Å². The number of pyridine rings is 1. The van der Waals surface area contributed by atoms with E-state index in [1.54, 1.807) is 17.2 Å².